The number of H-pyrrole nitrogens is 1. The van der Waals surface area contributed by atoms with E-state index in [1.165, 1.54) is 12.8 Å². The Bertz CT molecular complexity index is 343. The normalized spacial score (nSPS) is 18.2. The van der Waals surface area contributed by atoms with E-state index in [0.717, 1.165) is 13.1 Å². The van der Waals surface area contributed by atoms with Gasteiger partial charge in [-0.1, -0.05) is 13.3 Å². The Kier molecular flexibility index (Phi) is 3.24. The fraction of sp³-hybridized carbons (Fsp3) is 0.636. The highest BCUT2D eigenvalue weighted by Crippen LogP contribution is 2.23. The summed E-state index contributed by atoms with van der Waals surface area (Å²) < 4.78 is 0. The summed E-state index contributed by atoms with van der Waals surface area (Å²) in [5.41, 5.74) is 6.45. The summed E-state index contributed by atoms with van der Waals surface area (Å²) in [6.07, 6.45) is 5.59. The summed E-state index contributed by atoms with van der Waals surface area (Å²) in [6, 6.07) is -0.617. The van der Waals surface area contributed by atoms with Crippen LogP contribution >= 0.6 is 0 Å². The van der Waals surface area contributed by atoms with Crippen molar-refractivity contribution in [3.63, 3.8) is 0 Å². The van der Waals surface area contributed by atoms with Crippen LogP contribution in [0.1, 0.15) is 31.5 Å². The van der Waals surface area contributed by atoms with E-state index < -0.39 is 6.04 Å². The molecule has 1 aliphatic heterocycles. The molecular weight excluding hydrogens is 204 g/mol. The first kappa shape index (κ1) is 11.1. The van der Waals surface area contributed by atoms with Crippen LogP contribution in [0.4, 0.5) is 0 Å². The average Bonchev–Trinajstić information content (AvgIpc) is 2.74. The SMILES string of the molecule is CCCC1CN(C(=O)C(N)c2c[nH]cn2)C1. The number of carbonyl (C=O) groups excluding carboxylic acids is 1. The molecule has 1 atom stereocenters. The number of hydrogen-bond donors (Lipinski definition) is 2. The first-order valence-corrected chi connectivity index (χ1v) is 5.75. The fourth-order valence-electron chi connectivity index (χ4n) is 2.11. The predicted octanol–water partition coefficient (Wildman–Crippen LogP) is 0.668. The minimum atomic E-state index is -0.617. The van der Waals surface area contributed by atoms with E-state index in [9.17, 15) is 4.79 Å². The number of rotatable bonds is 4. The summed E-state index contributed by atoms with van der Waals surface area (Å²) in [5, 5.41) is 0. The van der Waals surface area contributed by atoms with E-state index in [0.29, 0.717) is 11.6 Å². The molecule has 1 aromatic rings. The zero-order valence-electron chi connectivity index (χ0n) is 9.52. The molecule has 16 heavy (non-hydrogen) atoms. The number of nitrogens with zero attached hydrogens (tertiary/aromatic N) is 2. The molecule has 0 saturated carbocycles. The van der Waals surface area contributed by atoms with Crippen molar-refractivity contribution in [1.82, 2.24) is 14.9 Å². The minimum Gasteiger partial charge on any atom is -0.351 e. The Hall–Kier alpha value is -1.36. The topological polar surface area (TPSA) is 75.0 Å². The average molecular weight is 222 g/mol. The molecule has 2 heterocycles. The van der Waals surface area contributed by atoms with Crippen molar-refractivity contribution in [3.05, 3.63) is 18.2 Å². The molecule has 1 aromatic heterocycles. The molecule has 1 saturated heterocycles. The maximum absolute atomic E-state index is 11.9. The standard InChI is InChI=1S/C11H18N4O/c1-2-3-8-5-15(6-8)11(16)10(12)9-4-13-7-14-9/h4,7-8,10H,2-3,5-6,12H2,1H3,(H,13,14). The van der Waals surface area contributed by atoms with Gasteiger partial charge in [0.15, 0.2) is 0 Å². The lowest BCUT2D eigenvalue weighted by Crippen LogP contribution is -2.52. The number of nitrogens with two attached hydrogens (primary N) is 1. The van der Waals surface area contributed by atoms with E-state index in [1.807, 2.05) is 4.90 Å². The molecule has 1 unspecified atom stereocenters. The van der Waals surface area contributed by atoms with Crippen molar-refractivity contribution in [2.24, 2.45) is 11.7 Å². The second-order valence-corrected chi connectivity index (χ2v) is 4.37. The van der Waals surface area contributed by atoms with Crippen molar-refractivity contribution in [2.45, 2.75) is 25.8 Å². The number of likely N-dealkylation sites (tertiary alicyclic amines) is 1. The predicted molar refractivity (Wildman–Crippen MR) is 60.5 cm³/mol. The smallest absolute Gasteiger partial charge is 0.245 e. The highest BCUT2D eigenvalue weighted by atomic mass is 16.2. The summed E-state index contributed by atoms with van der Waals surface area (Å²) in [4.78, 5) is 20.6. The monoisotopic (exact) mass is 222 g/mol. The van der Waals surface area contributed by atoms with E-state index in [1.54, 1.807) is 12.5 Å². The highest BCUT2D eigenvalue weighted by molar-refractivity contribution is 5.83. The van der Waals surface area contributed by atoms with Gasteiger partial charge < -0.3 is 15.6 Å². The number of amides is 1. The van der Waals surface area contributed by atoms with Crippen LogP contribution in [0.2, 0.25) is 0 Å². The lowest BCUT2D eigenvalue weighted by molar-refractivity contribution is -0.139. The third kappa shape index (κ3) is 2.09. The molecule has 0 aliphatic carbocycles. The van der Waals surface area contributed by atoms with Crippen LogP contribution in [0.3, 0.4) is 0 Å². The number of hydrogen-bond acceptors (Lipinski definition) is 3. The van der Waals surface area contributed by atoms with Crippen molar-refractivity contribution in [3.8, 4) is 0 Å². The minimum absolute atomic E-state index is 0.0144. The fourth-order valence-corrected chi connectivity index (χ4v) is 2.11. The van der Waals surface area contributed by atoms with Gasteiger partial charge in [-0.2, -0.15) is 0 Å². The lowest BCUT2D eigenvalue weighted by atomic mass is 9.94. The van der Waals surface area contributed by atoms with E-state index in [4.69, 9.17) is 5.73 Å². The van der Waals surface area contributed by atoms with E-state index >= 15 is 0 Å². The van der Waals surface area contributed by atoms with Gasteiger partial charge in [-0.05, 0) is 12.3 Å². The number of aromatic nitrogens is 2. The highest BCUT2D eigenvalue weighted by Gasteiger charge is 2.33. The van der Waals surface area contributed by atoms with Crippen molar-refractivity contribution >= 4 is 5.91 Å². The molecule has 0 spiro atoms. The van der Waals surface area contributed by atoms with Crippen LogP contribution in [-0.2, 0) is 4.79 Å². The zero-order valence-corrected chi connectivity index (χ0v) is 9.52. The number of nitrogens with one attached hydrogen (secondary N) is 1. The number of imidazole rings is 1. The number of carbonyl (C=O) groups is 1. The molecule has 5 nitrogen and oxygen atoms in total. The van der Waals surface area contributed by atoms with Crippen LogP contribution < -0.4 is 5.73 Å². The second kappa shape index (κ2) is 4.65. The summed E-state index contributed by atoms with van der Waals surface area (Å²) >= 11 is 0. The molecule has 88 valence electrons. The quantitative estimate of drug-likeness (QED) is 0.786. The second-order valence-electron chi connectivity index (χ2n) is 4.37. The van der Waals surface area contributed by atoms with E-state index in [2.05, 4.69) is 16.9 Å². The Morgan fingerprint density at radius 3 is 3.06 bits per heavy atom. The van der Waals surface area contributed by atoms with Crippen LogP contribution in [-0.4, -0.2) is 33.9 Å². The van der Waals surface area contributed by atoms with Crippen LogP contribution in [0, 0.1) is 5.92 Å². The van der Waals surface area contributed by atoms with Crippen LogP contribution in [0.5, 0.6) is 0 Å². The van der Waals surface area contributed by atoms with Gasteiger partial charge in [0.1, 0.15) is 6.04 Å². The lowest BCUT2D eigenvalue weighted by Gasteiger charge is -2.40. The molecule has 2 rings (SSSR count). The third-order valence-electron chi connectivity index (χ3n) is 3.07. The Morgan fingerprint density at radius 2 is 2.50 bits per heavy atom. The van der Waals surface area contributed by atoms with Gasteiger partial charge in [0.25, 0.3) is 0 Å². The van der Waals surface area contributed by atoms with Crippen molar-refractivity contribution < 1.29 is 4.79 Å². The molecule has 5 heteroatoms. The Balaban J connectivity index is 1.86. The van der Waals surface area contributed by atoms with Gasteiger partial charge in [-0.3, -0.25) is 4.79 Å². The first-order chi connectivity index (χ1) is 7.72. The first-order valence-electron chi connectivity index (χ1n) is 5.75. The maximum atomic E-state index is 11.9. The van der Waals surface area contributed by atoms with Gasteiger partial charge in [-0.25, -0.2) is 4.98 Å². The molecule has 3 N–H and O–H groups in total. The molecule has 1 aliphatic rings. The molecular formula is C11H18N4O. The summed E-state index contributed by atoms with van der Waals surface area (Å²) in [7, 11) is 0. The molecule has 0 bridgehead atoms. The van der Waals surface area contributed by atoms with Gasteiger partial charge in [-0.15, -0.1) is 0 Å². The largest absolute Gasteiger partial charge is 0.351 e. The molecule has 1 fully saturated rings. The van der Waals surface area contributed by atoms with Gasteiger partial charge in [0.2, 0.25) is 5.91 Å². The molecule has 0 aromatic carbocycles. The molecule has 0 radical (unpaired) electrons. The summed E-state index contributed by atoms with van der Waals surface area (Å²) in [6.45, 7) is 3.87. The van der Waals surface area contributed by atoms with Crippen molar-refractivity contribution in [1.29, 1.82) is 0 Å². The number of aromatic amines is 1. The Labute approximate surface area is 95.0 Å². The van der Waals surface area contributed by atoms with Crippen LogP contribution in [0.25, 0.3) is 0 Å². The Morgan fingerprint density at radius 1 is 1.75 bits per heavy atom. The van der Waals surface area contributed by atoms with E-state index in [-0.39, 0.29) is 5.91 Å². The van der Waals surface area contributed by atoms with Gasteiger partial charge in [0.05, 0.1) is 12.0 Å². The van der Waals surface area contributed by atoms with Crippen molar-refractivity contribution in [2.75, 3.05) is 13.1 Å². The van der Waals surface area contributed by atoms with Gasteiger partial charge >= 0.3 is 0 Å². The van der Waals surface area contributed by atoms with Crippen LogP contribution in [0.15, 0.2) is 12.5 Å². The third-order valence-corrected chi connectivity index (χ3v) is 3.07. The zero-order chi connectivity index (χ0) is 11.5. The van der Waals surface area contributed by atoms with Gasteiger partial charge in [0, 0.05) is 19.3 Å². The molecule has 1 amide bonds. The summed E-state index contributed by atoms with van der Waals surface area (Å²) in [5.74, 6) is 0.653. The maximum Gasteiger partial charge on any atom is 0.245 e.